The van der Waals surface area contributed by atoms with Crippen molar-refractivity contribution >= 4 is 5.97 Å². The van der Waals surface area contributed by atoms with Crippen molar-refractivity contribution in [2.45, 2.75) is 52.4 Å². The highest BCUT2D eigenvalue weighted by atomic mass is 16.6. The highest BCUT2D eigenvalue weighted by Gasteiger charge is 2.11. The number of rotatable bonds is 11. The Hall–Kier alpha value is -1.35. The lowest BCUT2D eigenvalue weighted by Crippen LogP contribution is -2.13. The van der Waals surface area contributed by atoms with Crippen LogP contribution in [0.5, 0.6) is 0 Å². The SMILES string of the molecule is CCCCCOCCOC(=O)c1ccccc1CCCC. The summed E-state index contributed by atoms with van der Waals surface area (Å²) in [7, 11) is 0. The maximum Gasteiger partial charge on any atom is 0.338 e. The number of carbonyl (C=O) groups is 1. The molecule has 0 aliphatic rings. The van der Waals surface area contributed by atoms with Crippen LogP contribution in [0.2, 0.25) is 0 Å². The fraction of sp³-hybridized carbons (Fsp3) is 0.611. The van der Waals surface area contributed by atoms with Crippen molar-refractivity contribution < 1.29 is 14.3 Å². The minimum atomic E-state index is -0.237. The average Bonchev–Trinajstić information content (AvgIpc) is 2.52. The van der Waals surface area contributed by atoms with Gasteiger partial charge < -0.3 is 9.47 Å². The van der Waals surface area contributed by atoms with Crippen molar-refractivity contribution in [1.82, 2.24) is 0 Å². The number of hydrogen-bond acceptors (Lipinski definition) is 3. The van der Waals surface area contributed by atoms with Gasteiger partial charge in [-0.25, -0.2) is 4.79 Å². The molecule has 3 heteroatoms. The number of aryl methyl sites for hydroxylation is 1. The molecule has 0 atom stereocenters. The molecular weight excluding hydrogens is 264 g/mol. The van der Waals surface area contributed by atoms with E-state index in [1.165, 1.54) is 12.8 Å². The summed E-state index contributed by atoms with van der Waals surface area (Å²) in [6.45, 7) is 5.87. The molecule has 1 aromatic carbocycles. The van der Waals surface area contributed by atoms with Gasteiger partial charge in [-0.2, -0.15) is 0 Å². The molecule has 0 bridgehead atoms. The average molecular weight is 292 g/mol. The Morgan fingerprint density at radius 3 is 2.48 bits per heavy atom. The molecule has 0 radical (unpaired) electrons. The van der Waals surface area contributed by atoms with Crippen LogP contribution >= 0.6 is 0 Å². The summed E-state index contributed by atoms with van der Waals surface area (Å²) in [5.41, 5.74) is 1.77. The maximum absolute atomic E-state index is 12.1. The van der Waals surface area contributed by atoms with Crippen LogP contribution in [0.1, 0.15) is 61.9 Å². The Morgan fingerprint density at radius 1 is 0.952 bits per heavy atom. The van der Waals surface area contributed by atoms with Gasteiger partial charge in [-0.3, -0.25) is 0 Å². The van der Waals surface area contributed by atoms with E-state index in [1.54, 1.807) is 0 Å². The summed E-state index contributed by atoms with van der Waals surface area (Å²) >= 11 is 0. The van der Waals surface area contributed by atoms with Crippen LogP contribution in [0.15, 0.2) is 24.3 Å². The quantitative estimate of drug-likeness (QED) is 0.448. The first-order chi connectivity index (χ1) is 10.3. The van der Waals surface area contributed by atoms with E-state index in [2.05, 4.69) is 13.8 Å². The highest BCUT2D eigenvalue weighted by molar-refractivity contribution is 5.91. The first-order valence-corrected chi connectivity index (χ1v) is 8.12. The molecule has 0 spiro atoms. The first kappa shape index (κ1) is 17.7. The van der Waals surface area contributed by atoms with Gasteiger partial charge in [0, 0.05) is 6.61 Å². The molecule has 0 amide bonds. The van der Waals surface area contributed by atoms with Crippen LogP contribution in [0.4, 0.5) is 0 Å². The second-order valence-electron chi connectivity index (χ2n) is 5.22. The fourth-order valence-corrected chi connectivity index (χ4v) is 2.13. The molecule has 0 heterocycles. The predicted octanol–water partition coefficient (Wildman–Crippen LogP) is 4.39. The Kier molecular flexibility index (Phi) is 9.55. The number of hydrogen-bond donors (Lipinski definition) is 0. The van der Waals surface area contributed by atoms with E-state index in [0.717, 1.165) is 37.9 Å². The van der Waals surface area contributed by atoms with Crippen LogP contribution < -0.4 is 0 Å². The standard InChI is InChI=1S/C18H28O3/c1-3-5-9-13-20-14-15-21-18(19)17-12-8-7-11-16(17)10-6-4-2/h7-8,11-12H,3-6,9-10,13-15H2,1-2H3. The molecule has 0 aromatic heterocycles. The van der Waals surface area contributed by atoms with Gasteiger partial charge >= 0.3 is 5.97 Å². The third kappa shape index (κ3) is 7.28. The van der Waals surface area contributed by atoms with Gasteiger partial charge in [0.25, 0.3) is 0 Å². The molecule has 0 aliphatic carbocycles. The second kappa shape index (κ2) is 11.3. The molecule has 3 nitrogen and oxygen atoms in total. The van der Waals surface area contributed by atoms with Crippen molar-refractivity contribution in [3.63, 3.8) is 0 Å². The summed E-state index contributed by atoms with van der Waals surface area (Å²) in [4.78, 5) is 12.1. The molecule has 0 saturated carbocycles. The first-order valence-electron chi connectivity index (χ1n) is 8.12. The second-order valence-corrected chi connectivity index (χ2v) is 5.22. The molecule has 0 aliphatic heterocycles. The van der Waals surface area contributed by atoms with Crippen molar-refractivity contribution in [1.29, 1.82) is 0 Å². The van der Waals surface area contributed by atoms with Crippen LogP contribution in [-0.2, 0) is 15.9 Å². The van der Waals surface area contributed by atoms with Crippen LogP contribution in [0.25, 0.3) is 0 Å². The van der Waals surface area contributed by atoms with E-state index in [-0.39, 0.29) is 5.97 Å². The van der Waals surface area contributed by atoms with Crippen molar-refractivity contribution in [2.24, 2.45) is 0 Å². The fourth-order valence-electron chi connectivity index (χ4n) is 2.13. The zero-order valence-electron chi connectivity index (χ0n) is 13.4. The molecular formula is C18H28O3. The number of benzene rings is 1. The molecule has 21 heavy (non-hydrogen) atoms. The number of esters is 1. The molecule has 0 saturated heterocycles. The van der Waals surface area contributed by atoms with Gasteiger partial charge in [0.15, 0.2) is 0 Å². The van der Waals surface area contributed by atoms with Crippen LogP contribution in [0, 0.1) is 0 Å². The smallest absolute Gasteiger partial charge is 0.338 e. The van der Waals surface area contributed by atoms with Crippen molar-refractivity contribution in [2.75, 3.05) is 19.8 Å². The summed E-state index contributed by atoms with van der Waals surface area (Å²) < 4.78 is 10.7. The monoisotopic (exact) mass is 292 g/mol. The van der Waals surface area contributed by atoms with Gasteiger partial charge in [0.2, 0.25) is 0 Å². The topological polar surface area (TPSA) is 35.5 Å². The molecule has 1 rings (SSSR count). The summed E-state index contributed by atoms with van der Waals surface area (Å²) in [5.74, 6) is -0.237. The van der Waals surface area contributed by atoms with Gasteiger partial charge in [-0.05, 0) is 30.9 Å². The van der Waals surface area contributed by atoms with Crippen molar-refractivity contribution in [3.8, 4) is 0 Å². The molecule has 118 valence electrons. The zero-order chi connectivity index (χ0) is 15.3. The summed E-state index contributed by atoms with van der Waals surface area (Å²) in [5, 5.41) is 0. The maximum atomic E-state index is 12.1. The van der Waals surface area contributed by atoms with E-state index in [0.29, 0.717) is 18.8 Å². The van der Waals surface area contributed by atoms with Gasteiger partial charge in [-0.1, -0.05) is 51.3 Å². The Labute approximate surface area is 128 Å². The summed E-state index contributed by atoms with van der Waals surface area (Å²) in [6, 6.07) is 7.70. The Morgan fingerprint density at radius 2 is 1.71 bits per heavy atom. The normalized spacial score (nSPS) is 10.6. The van der Waals surface area contributed by atoms with Crippen molar-refractivity contribution in [3.05, 3.63) is 35.4 Å². The Bertz CT molecular complexity index is 401. The largest absolute Gasteiger partial charge is 0.460 e. The third-order valence-corrected chi connectivity index (χ3v) is 3.39. The van der Waals surface area contributed by atoms with Gasteiger partial charge in [0.1, 0.15) is 6.61 Å². The van der Waals surface area contributed by atoms with E-state index < -0.39 is 0 Å². The lowest BCUT2D eigenvalue weighted by Gasteiger charge is -2.09. The summed E-state index contributed by atoms with van der Waals surface area (Å²) in [6.07, 6.45) is 6.58. The van der Waals surface area contributed by atoms with Gasteiger partial charge in [-0.15, -0.1) is 0 Å². The number of unbranched alkanes of at least 4 members (excludes halogenated alkanes) is 3. The van der Waals surface area contributed by atoms with E-state index in [1.807, 2.05) is 24.3 Å². The van der Waals surface area contributed by atoms with E-state index >= 15 is 0 Å². The minimum Gasteiger partial charge on any atom is -0.460 e. The third-order valence-electron chi connectivity index (χ3n) is 3.39. The lowest BCUT2D eigenvalue weighted by molar-refractivity contribution is 0.0311. The Balaban J connectivity index is 2.31. The van der Waals surface area contributed by atoms with Gasteiger partial charge in [0.05, 0.1) is 12.2 Å². The van der Waals surface area contributed by atoms with Crippen LogP contribution in [-0.4, -0.2) is 25.8 Å². The van der Waals surface area contributed by atoms with E-state index in [9.17, 15) is 4.79 Å². The number of carbonyl (C=O) groups excluding carboxylic acids is 1. The lowest BCUT2D eigenvalue weighted by atomic mass is 10.0. The van der Waals surface area contributed by atoms with Crippen LogP contribution in [0.3, 0.4) is 0 Å². The highest BCUT2D eigenvalue weighted by Crippen LogP contribution is 2.13. The number of ether oxygens (including phenoxy) is 2. The predicted molar refractivity (Wildman–Crippen MR) is 85.7 cm³/mol. The molecule has 1 aromatic rings. The molecule has 0 fully saturated rings. The molecule has 0 N–H and O–H groups in total. The molecule has 0 unspecified atom stereocenters. The minimum absolute atomic E-state index is 0.237. The van der Waals surface area contributed by atoms with E-state index in [4.69, 9.17) is 9.47 Å². The zero-order valence-corrected chi connectivity index (χ0v) is 13.4.